The van der Waals surface area contributed by atoms with Crippen LogP contribution in [0.2, 0.25) is 5.02 Å². The van der Waals surface area contributed by atoms with E-state index >= 15 is 0 Å². The maximum Gasteiger partial charge on any atom is 0.230 e. The zero-order valence-corrected chi connectivity index (χ0v) is 16.1. The van der Waals surface area contributed by atoms with Crippen molar-refractivity contribution in [2.45, 2.75) is 58.9 Å². The number of anilines is 1. The summed E-state index contributed by atoms with van der Waals surface area (Å²) in [6.45, 7) is 6.80. The van der Waals surface area contributed by atoms with E-state index < -0.39 is 12.0 Å². The molecular formula is C19H29ClN2O3. The topological polar surface area (TPSA) is 85.8 Å². The van der Waals surface area contributed by atoms with Crippen LogP contribution < -0.4 is 15.7 Å². The number of benzene rings is 1. The van der Waals surface area contributed by atoms with Gasteiger partial charge in [-0.05, 0) is 37.5 Å². The van der Waals surface area contributed by atoms with Gasteiger partial charge in [-0.25, -0.2) is 0 Å². The summed E-state index contributed by atoms with van der Waals surface area (Å²) >= 11 is 5.94. The zero-order chi connectivity index (χ0) is 18.8. The second kappa shape index (κ2) is 11.1. The van der Waals surface area contributed by atoms with E-state index in [1.54, 1.807) is 23.5 Å². The Morgan fingerprint density at radius 2 is 2.04 bits per heavy atom. The molecule has 1 aromatic rings. The van der Waals surface area contributed by atoms with Gasteiger partial charge in [0.25, 0.3) is 0 Å². The van der Waals surface area contributed by atoms with Crippen molar-refractivity contribution in [2.75, 3.05) is 11.9 Å². The highest BCUT2D eigenvalue weighted by Crippen LogP contribution is 2.20. The molecule has 0 radical (unpaired) electrons. The largest absolute Gasteiger partial charge is 0.544 e. The summed E-state index contributed by atoms with van der Waals surface area (Å²) < 4.78 is 0. The summed E-state index contributed by atoms with van der Waals surface area (Å²) in [5.74, 6) is -1.10. The van der Waals surface area contributed by atoms with Crippen LogP contribution in [0.3, 0.4) is 0 Å². The Morgan fingerprint density at radius 1 is 1.32 bits per heavy atom. The van der Waals surface area contributed by atoms with E-state index in [0.29, 0.717) is 23.2 Å². The molecule has 3 N–H and O–H groups in total. The molecule has 0 heterocycles. The lowest BCUT2D eigenvalue weighted by Gasteiger charge is -2.20. The highest BCUT2D eigenvalue weighted by molar-refractivity contribution is 6.31. The Morgan fingerprint density at radius 3 is 2.64 bits per heavy atom. The highest BCUT2D eigenvalue weighted by atomic mass is 35.5. The smallest absolute Gasteiger partial charge is 0.230 e. The second-order valence-corrected chi connectivity index (χ2v) is 6.96. The first-order valence-electron chi connectivity index (χ1n) is 8.97. The van der Waals surface area contributed by atoms with Crippen LogP contribution in [0.1, 0.15) is 51.5 Å². The summed E-state index contributed by atoms with van der Waals surface area (Å²) in [4.78, 5) is 23.6. The van der Waals surface area contributed by atoms with Crippen molar-refractivity contribution in [3.8, 4) is 0 Å². The van der Waals surface area contributed by atoms with Crippen LogP contribution in [0.15, 0.2) is 18.2 Å². The molecule has 5 nitrogen and oxygen atoms in total. The molecule has 6 heteroatoms. The molecular weight excluding hydrogens is 340 g/mol. The number of carbonyl (C=O) groups excluding carboxylic acids is 2. The van der Waals surface area contributed by atoms with Crippen LogP contribution in [-0.2, 0) is 9.59 Å². The number of nitrogens with two attached hydrogens (primary N) is 1. The van der Waals surface area contributed by atoms with Gasteiger partial charge in [-0.15, -0.1) is 0 Å². The Kier molecular flexibility index (Phi) is 9.53. The number of carboxylic acid groups (broad SMARTS) is 1. The fraction of sp³-hybridized carbons (Fsp3) is 0.579. The van der Waals surface area contributed by atoms with Gasteiger partial charge in [0.15, 0.2) is 0 Å². The molecule has 140 valence electrons. The third kappa shape index (κ3) is 7.88. The third-order valence-electron chi connectivity index (χ3n) is 4.48. The number of nitrogens with one attached hydrogen (secondary N) is 1. The van der Waals surface area contributed by atoms with Crippen LogP contribution in [0, 0.1) is 12.8 Å². The van der Waals surface area contributed by atoms with Crippen molar-refractivity contribution >= 4 is 29.2 Å². The summed E-state index contributed by atoms with van der Waals surface area (Å²) in [5.41, 5.74) is 1.47. The van der Waals surface area contributed by atoms with E-state index in [2.05, 4.69) is 19.2 Å². The molecule has 0 aliphatic carbocycles. The normalized spacial score (nSPS) is 13.3. The van der Waals surface area contributed by atoms with E-state index in [1.807, 2.05) is 6.92 Å². The number of rotatable bonds is 11. The predicted molar refractivity (Wildman–Crippen MR) is 98.3 cm³/mol. The van der Waals surface area contributed by atoms with Crippen molar-refractivity contribution in [3.63, 3.8) is 0 Å². The van der Waals surface area contributed by atoms with Crippen molar-refractivity contribution < 1.29 is 20.0 Å². The quantitative estimate of drug-likeness (QED) is 0.625. The first kappa shape index (κ1) is 21.5. The van der Waals surface area contributed by atoms with Crippen LogP contribution in [0.25, 0.3) is 0 Å². The van der Waals surface area contributed by atoms with Gasteiger partial charge in [-0.2, -0.15) is 0 Å². The third-order valence-corrected chi connectivity index (χ3v) is 4.71. The van der Waals surface area contributed by atoms with Crippen molar-refractivity contribution in [2.24, 2.45) is 5.92 Å². The molecule has 0 aliphatic heterocycles. The number of aliphatic carboxylic acids is 1. The molecule has 0 saturated heterocycles. The Balaban J connectivity index is 2.60. The van der Waals surface area contributed by atoms with Crippen LogP contribution in [0.4, 0.5) is 5.69 Å². The van der Waals surface area contributed by atoms with Gasteiger partial charge in [0.1, 0.15) is 6.04 Å². The van der Waals surface area contributed by atoms with Crippen molar-refractivity contribution in [3.05, 3.63) is 28.8 Å². The van der Waals surface area contributed by atoms with Gasteiger partial charge < -0.3 is 20.5 Å². The number of amides is 1. The fourth-order valence-corrected chi connectivity index (χ4v) is 2.90. The maximum atomic E-state index is 12.2. The summed E-state index contributed by atoms with van der Waals surface area (Å²) in [7, 11) is 0. The molecule has 0 saturated carbocycles. The average Bonchev–Trinajstić information content (AvgIpc) is 2.57. The number of carboxylic acids is 1. The molecule has 0 bridgehead atoms. The van der Waals surface area contributed by atoms with Gasteiger partial charge in [-0.1, -0.05) is 44.4 Å². The minimum Gasteiger partial charge on any atom is -0.544 e. The number of unbranched alkanes of at least 4 members (excludes halogenated alkanes) is 1. The number of carbonyl (C=O) groups is 2. The Hall–Kier alpha value is -1.59. The van der Waals surface area contributed by atoms with E-state index in [4.69, 9.17) is 11.6 Å². The lowest BCUT2D eigenvalue weighted by Crippen LogP contribution is -2.94. The molecule has 1 rings (SSSR count). The second-order valence-electron chi connectivity index (χ2n) is 6.52. The molecule has 25 heavy (non-hydrogen) atoms. The van der Waals surface area contributed by atoms with Gasteiger partial charge in [0.2, 0.25) is 5.91 Å². The van der Waals surface area contributed by atoms with Crippen LogP contribution >= 0.6 is 11.6 Å². The minimum absolute atomic E-state index is 0.126. The molecule has 0 spiro atoms. The zero-order valence-electron chi connectivity index (χ0n) is 15.3. The highest BCUT2D eigenvalue weighted by Gasteiger charge is 2.20. The lowest BCUT2D eigenvalue weighted by molar-refractivity contribution is -0.687. The number of hydrogen-bond donors (Lipinski definition) is 2. The van der Waals surface area contributed by atoms with E-state index in [1.165, 1.54) is 0 Å². The number of aryl methyl sites for hydroxylation is 1. The molecule has 2 atom stereocenters. The van der Waals surface area contributed by atoms with Crippen molar-refractivity contribution in [1.82, 2.24) is 0 Å². The van der Waals surface area contributed by atoms with Gasteiger partial charge in [-0.3, -0.25) is 4.79 Å². The fourth-order valence-electron chi connectivity index (χ4n) is 2.73. The Labute approximate surface area is 155 Å². The van der Waals surface area contributed by atoms with E-state index in [-0.39, 0.29) is 12.3 Å². The number of halogens is 1. The van der Waals surface area contributed by atoms with Crippen LogP contribution in [-0.4, -0.2) is 24.5 Å². The molecule has 0 aliphatic rings. The Bertz CT molecular complexity index is 578. The molecule has 1 amide bonds. The average molecular weight is 369 g/mol. The summed E-state index contributed by atoms with van der Waals surface area (Å²) in [5, 5.41) is 16.4. The lowest BCUT2D eigenvalue weighted by atomic mass is 9.99. The number of hydrogen-bond acceptors (Lipinski definition) is 3. The monoisotopic (exact) mass is 368 g/mol. The SMILES string of the molecule is CCCC[C@H](CC)C[NH2+][C@@H](CC(=O)Nc1cc(Cl)ccc1C)C(=O)[O-]. The summed E-state index contributed by atoms with van der Waals surface area (Å²) in [6, 6.07) is 4.32. The molecule has 0 unspecified atom stereocenters. The maximum absolute atomic E-state index is 12.2. The molecule has 0 aromatic heterocycles. The standard InChI is InChI=1S/C19H29ClN2O3/c1-4-6-7-14(5-2)12-21-17(19(24)25)11-18(23)22-16-10-15(20)9-8-13(16)3/h8-10,14,17,21H,4-7,11-12H2,1-3H3,(H,22,23)(H,24,25)/t14-,17-/m0/s1. The molecule has 1 aromatic carbocycles. The first-order chi connectivity index (χ1) is 11.9. The van der Waals surface area contributed by atoms with E-state index in [9.17, 15) is 14.7 Å². The van der Waals surface area contributed by atoms with Crippen molar-refractivity contribution in [1.29, 1.82) is 0 Å². The van der Waals surface area contributed by atoms with Crippen LogP contribution in [0.5, 0.6) is 0 Å². The number of quaternary nitrogens is 1. The first-order valence-corrected chi connectivity index (χ1v) is 9.35. The van der Waals surface area contributed by atoms with Gasteiger partial charge in [0.05, 0.1) is 18.9 Å². The van der Waals surface area contributed by atoms with Gasteiger partial charge in [0, 0.05) is 16.6 Å². The van der Waals surface area contributed by atoms with E-state index in [0.717, 1.165) is 31.2 Å². The van der Waals surface area contributed by atoms with Gasteiger partial charge >= 0.3 is 0 Å². The minimum atomic E-state index is -1.21. The molecule has 0 fully saturated rings. The predicted octanol–water partition coefficient (Wildman–Crippen LogP) is 1.88. The summed E-state index contributed by atoms with van der Waals surface area (Å²) in [6.07, 6.45) is 4.22.